The highest BCUT2D eigenvalue weighted by Crippen LogP contribution is 2.68. The van der Waals surface area contributed by atoms with E-state index in [-0.39, 0.29) is 6.10 Å². The van der Waals surface area contributed by atoms with Crippen molar-refractivity contribution >= 4 is 0 Å². The minimum absolute atomic E-state index is 0.0989. The Labute approximate surface area is 190 Å². The number of allylic oxidation sites excluding steroid dienone is 1. The lowest BCUT2D eigenvalue weighted by Crippen LogP contribution is -2.53. The van der Waals surface area contributed by atoms with E-state index in [4.69, 9.17) is 4.74 Å². The smallest absolute Gasteiger partial charge is 0.0996 e. The fraction of sp³-hybridized carbons (Fsp3) is 0.929. The lowest BCUT2D eigenvalue weighted by molar-refractivity contribution is -0.0644. The van der Waals surface area contributed by atoms with Crippen molar-refractivity contribution in [3.05, 3.63) is 11.6 Å². The highest BCUT2D eigenvalue weighted by atomic mass is 16.5. The third-order valence-electron chi connectivity index (χ3n) is 11.8. The highest BCUT2D eigenvalue weighted by Gasteiger charge is 2.63. The van der Waals surface area contributed by atoms with E-state index in [2.05, 4.69) is 38.7 Å². The molecule has 0 aromatic carbocycles. The summed E-state index contributed by atoms with van der Waals surface area (Å²) in [6.45, 7) is 12.3. The molecule has 31 heavy (non-hydrogen) atoms. The Morgan fingerprint density at radius 2 is 1.90 bits per heavy atom. The third-order valence-corrected chi connectivity index (χ3v) is 11.8. The molecule has 0 aromatic heterocycles. The number of nitrogens with zero attached hydrogens (tertiary/aromatic N) is 1. The fourth-order valence-electron chi connectivity index (χ4n) is 10.2. The van der Waals surface area contributed by atoms with Crippen LogP contribution in [0.25, 0.3) is 0 Å². The molecule has 1 N–H and O–H groups in total. The van der Waals surface area contributed by atoms with E-state index in [1.807, 2.05) is 0 Å². The Bertz CT molecular complexity index is 749. The average molecular weight is 428 g/mol. The molecule has 0 spiro atoms. The van der Waals surface area contributed by atoms with Gasteiger partial charge in [-0.2, -0.15) is 0 Å². The summed E-state index contributed by atoms with van der Waals surface area (Å²) in [5, 5.41) is 10.3. The molecule has 2 aliphatic heterocycles. The van der Waals surface area contributed by atoms with Crippen LogP contribution in [0.4, 0.5) is 0 Å². The summed E-state index contributed by atoms with van der Waals surface area (Å²) in [6.07, 6.45) is 14.2. The van der Waals surface area contributed by atoms with Crippen LogP contribution in [0.3, 0.4) is 0 Å². The maximum absolute atomic E-state index is 10.3. The van der Waals surface area contributed by atoms with Gasteiger partial charge in [0.25, 0.3) is 0 Å². The van der Waals surface area contributed by atoms with Crippen LogP contribution in [0.1, 0.15) is 85.5 Å². The van der Waals surface area contributed by atoms with Crippen molar-refractivity contribution in [2.24, 2.45) is 46.3 Å². The maximum Gasteiger partial charge on any atom is 0.0996 e. The molecule has 3 saturated carbocycles. The summed E-state index contributed by atoms with van der Waals surface area (Å²) in [7, 11) is 0. The first-order chi connectivity index (χ1) is 14.8. The lowest BCUT2D eigenvalue weighted by Gasteiger charge is -2.58. The SMILES string of the molecule is C[C@H]1CC[C@H]2[C@H](C)[C@H]3[C@@H](C[C@H]4[C@@H]5CC=C6C[C@@H](O)CC[C@]6(C)[C@H]5CC[C@]34C)OCN2C1. The van der Waals surface area contributed by atoms with Gasteiger partial charge in [0.15, 0.2) is 0 Å². The summed E-state index contributed by atoms with van der Waals surface area (Å²) in [6, 6.07) is 0.731. The molecule has 2 heterocycles. The van der Waals surface area contributed by atoms with E-state index in [1.165, 1.54) is 51.5 Å². The molecule has 6 aliphatic rings. The predicted molar refractivity (Wildman–Crippen MR) is 124 cm³/mol. The molecule has 11 atom stereocenters. The van der Waals surface area contributed by atoms with E-state index < -0.39 is 0 Å². The quantitative estimate of drug-likeness (QED) is 0.509. The standard InChI is InChI=1S/C28H45NO2/c1-17-5-8-24-18(2)26-25(31-16-29(24)15-17)14-23-21-7-6-19-13-20(30)9-11-27(19,3)22(21)10-12-28(23,26)4/h6,17-18,20-26,30H,5,7-16H2,1-4H3/t17-,18-,20-,21+,22-,23-,24-,25+,26-,27-,28-/m0/s1. The molecule has 0 unspecified atom stereocenters. The van der Waals surface area contributed by atoms with Gasteiger partial charge in [-0.1, -0.05) is 39.3 Å². The Hall–Kier alpha value is -0.380. The van der Waals surface area contributed by atoms with E-state index in [0.717, 1.165) is 61.1 Å². The van der Waals surface area contributed by atoms with Crippen LogP contribution in [0.5, 0.6) is 0 Å². The molecule has 0 aromatic rings. The van der Waals surface area contributed by atoms with Crippen molar-refractivity contribution in [1.29, 1.82) is 0 Å². The zero-order chi connectivity index (χ0) is 21.5. The van der Waals surface area contributed by atoms with Crippen LogP contribution in [0, 0.1) is 46.3 Å². The molecular formula is C28H45NO2. The molecule has 3 heteroatoms. The van der Waals surface area contributed by atoms with Crippen LogP contribution in [-0.2, 0) is 4.74 Å². The number of hydrogen-bond acceptors (Lipinski definition) is 3. The van der Waals surface area contributed by atoms with Crippen molar-refractivity contribution in [2.75, 3.05) is 13.3 Å². The van der Waals surface area contributed by atoms with Gasteiger partial charge < -0.3 is 9.84 Å². The summed E-state index contributed by atoms with van der Waals surface area (Å²) < 4.78 is 6.78. The third kappa shape index (κ3) is 3.01. The zero-order valence-electron chi connectivity index (χ0n) is 20.4. The average Bonchev–Trinajstić information content (AvgIpc) is 2.96. The highest BCUT2D eigenvalue weighted by molar-refractivity contribution is 5.26. The fourth-order valence-corrected chi connectivity index (χ4v) is 10.2. The monoisotopic (exact) mass is 427 g/mol. The minimum Gasteiger partial charge on any atom is -0.393 e. The van der Waals surface area contributed by atoms with Gasteiger partial charge in [-0.3, -0.25) is 4.90 Å². The van der Waals surface area contributed by atoms with Crippen molar-refractivity contribution in [1.82, 2.24) is 4.90 Å². The summed E-state index contributed by atoms with van der Waals surface area (Å²) >= 11 is 0. The zero-order valence-corrected chi connectivity index (χ0v) is 20.4. The van der Waals surface area contributed by atoms with Crippen LogP contribution >= 0.6 is 0 Å². The Balaban J connectivity index is 1.30. The molecule has 2 saturated heterocycles. The van der Waals surface area contributed by atoms with Crippen molar-refractivity contribution < 1.29 is 9.84 Å². The van der Waals surface area contributed by atoms with Crippen molar-refractivity contribution in [2.45, 2.75) is 104 Å². The largest absolute Gasteiger partial charge is 0.393 e. The molecule has 6 rings (SSSR count). The molecule has 174 valence electrons. The van der Waals surface area contributed by atoms with Crippen LogP contribution in [-0.4, -0.2) is 41.5 Å². The van der Waals surface area contributed by atoms with Gasteiger partial charge in [-0.15, -0.1) is 0 Å². The van der Waals surface area contributed by atoms with E-state index >= 15 is 0 Å². The Morgan fingerprint density at radius 3 is 2.74 bits per heavy atom. The van der Waals surface area contributed by atoms with Gasteiger partial charge in [-0.05, 0) is 104 Å². The van der Waals surface area contributed by atoms with Gasteiger partial charge in [0, 0.05) is 12.6 Å². The first-order valence-corrected chi connectivity index (χ1v) is 13.5. The topological polar surface area (TPSA) is 32.7 Å². The molecular weight excluding hydrogens is 382 g/mol. The second-order valence-corrected chi connectivity index (χ2v) is 13.2. The minimum atomic E-state index is -0.0989. The number of hydrogen-bond donors (Lipinski definition) is 1. The van der Waals surface area contributed by atoms with Gasteiger partial charge >= 0.3 is 0 Å². The first kappa shape index (κ1) is 21.2. The van der Waals surface area contributed by atoms with Crippen LogP contribution in [0.15, 0.2) is 11.6 Å². The number of piperidine rings is 1. The molecule has 5 fully saturated rings. The molecule has 4 aliphatic carbocycles. The summed E-state index contributed by atoms with van der Waals surface area (Å²) in [5.41, 5.74) is 2.39. The van der Waals surface area contributed by atoms with Crippen molar-refractivity contribution in [3.63, 3.8) is 0 Å². The Morgan fingerprint density at radius 1 is 1.06 bits per heavy atom. The van der Waals surface area contributed by atoms with Crippen molar-refractivity contribution in [3.8, 4) is 0 Å². The van der Waals surface area contributed by atoms with E-state index in [1.54, 1.807) is 5.57 Å². The molecule has 0 amide bonds. The summed E-state index contributed by atoms with van der Waals surface area (Å²) in [4.78, 5) is 2.70. The number of aliphatic hydroxyl groups is 1. The maximum atomic E-state index is 10.3. The van der Waals surface area contributed by atoms with Gasteiger partial charge in [0.1, 0.15) is 0 Å². The molecule has 0 bridgehead atoms. The summed E-state index contributed by atoms with van der Waals surface area (Å²) in [5.74, 6) is 4.77. The number of ether oxygens (including phenoxy) is 1. The van der Waals surface area contributed by atoms with E-state index in [0.29, 0.717) is 16.9 Å². The van der Waals surface area contributed by atoms with Crippen LogP contribution < -0.4 is 0 Å². The first-order valence-electron chi connectivity index (χ1n) is 13.5. The van der Waals surface area contributed by atoms with Gasteiger partial charge in [0.2, 0.25) is 0 Å². The Kier molecular flexibility index (Phi) is 4.99. The van der Waals surface area contributed by atoms with E-state index in [9.17, 15) is 5.11 Å². The number of aliphatic hydroxyl groups excluding tert-OH is 1. The normalized spacial score (nSPS) is 56.9. The van der Waals surface area contributed by atoms with Gasteiger partial charge in [0.05, 0.1) is 18.9 Å². The van der Waals surface area contributed by atoms with Gasteiger partial charge in [-0.25, -0.2) is 0 Å². The number of rotatable bonds is 0. The molecule has 3 nitrogen and oxygen atoms in total. The second kappa shape index (κ2) is 7.31. The van der Waals surface area contributed by atoms with Crippen LogP contribution in [0.2, 0.25) is 0 Å². The lowest BCUT2D eigenvalue weighted by atomic mass is 9.47. The molecule has 0 radical (unpaired) electrons. The predicted octanol–water partition coefficient (Wildman–Crippen LogP) is 5.63. The second-order valence-electron chi connectivity index (χ2n) is 13.2. The number of fused-ring (bicyclic) bond motifs is 8.